The van der Waals surface area contributed by atoms with Gasteiger partial charge in [-0.2, -0.15) is 0 Å². The zero-order valence-corrected chi connectivity index (χ0v) is 12.2. The topological polar surface area (TPSA) is 49.4 Å². The quantitative estimate of drug-likeness (QED) is 0.888. The van der Waals surface area contributed by atoms with Gasteiger partial charge in [0.05, 0.1) is 6.54 Å². The molecule has 2 heterocycles. The van der Waals surface area contributed by atoms with Crippen molar-refractivity contribution in [2.24, 2.45) is 0 Å². The van der Waals surface area contributed by atoms with Crippen molar-refractivity contribution in [2.75, 3.05) is 18.6 Å². The molecule has 0 radical (unpaired) electrons. The molecule has 6 heteroatoms. The second kappa shape index (κ2) is 5.95. The third-order valence-corrected chi connectivity index (χ3v) is 4.86. The molecule has 100 valence electrons. The molecule has 3 unspecified atom stereocenters. The zero-order valence-electron chi connectivity index (χ0n) is 10.6. The lowest BCUT2D eigenvalue weighted by Crippen LogP contribution is -2.38. The minimum atomic E-state index is -0.801. The maximum absolute atomic E-state index is 12.0. The molecule has 1 saturated heterocycles. The van der Waals surface area contributed by atoms with Crippen molar-refractivity contribution in [3.05, 3.63) is 22.4 Å². The number of hydrogen-bond donors (Lipinski definition) is 1. The fourth-order valence-corrected chi connectivity index (χ4v) is 3.65. The smallest absolute Gasteiger partial charge is 0.238 e. The molecule has 18 heavy (non-hydrogen) atoms. The van der Waals surface area contributed by atoms with Crippen LogP contribution in [-0.2, 0) is 15.6 Å². The van der Waals surface area contributed by atoms with Gasteiger partial charge in [0.1, 0.15) is 6.17 Å². The normalized spacial score (nSPS) is 23.3. The summed E-state index contributed by atoms with van der Waals surface area (Å²) in [5.41, 5.74) is 0. The van der Waals surface area contributed by atoms with Crippen LogP contribution in [0.5, 0.6) is 0 Å². The summed E-state index contributed by atoms with van der Waals surface area (Å²) in [6.45, 7) is 2.42. The monoisotopic (exact) mass is 286 g/mol. The molecule has 0 bridgehead atoms. The Morgan fingerprint density at radius 1 is 1.67 bits per heavy atom. The summed E-state index contributed by atoms with van der Waals surface area (Å²) in [4.78, 5) is 15.0. The first kappa shape index (κ1) is 13.7. The van der Waals surface area contributed by atoms with E-state index in [9.17, 15) is 9.00 Å². The first-order valence-electron chi connectivity index (χ1n) is 5.97. The van der Waals surface area contributed by atoms with Gasteiger partial charge in [0.15, 0.2) is 0 Å². The van der Waals surface area contributed by atoms with Crippen LogP contribution in [0, 0.1) is 0 Å². The molecule has 1 aromatic rings. The Balaban J connectivity index is 2.07. The summed E-state index contributed by atoms with van der Waals surface area (Å²) in [5.74, 6) is 0.769. The summed E-state index contributed by atoms with van der Waals surface area (Å²) in [5, 5.41) is 5.26. The van der Waals surface area contributed by atoms with Crippen molar-refractivity contribution < 1.29 is 9.00 Å². The largest absolute Gasteiger partial charge is 0.318 e. The molecule has 3 atom stereocenters. The molecule has 0 saturated carbocycles. The van der Waals surface area contributed by atoms with Crippen LogP contribution < -0.4 is 5.32 Å². The van der Waals surface area contributed by atoms with E-state index in [0.717, 1.165) is 11.3 Å². The second-order valence-electron chi connectivity index (χ2n) is 4.51. The van der Waals surface area contributed by atoms with E-state index in [0.29, 0.717) is 12.3 Å². The summed E-state index contributed by atoms with van der Waals surface area (Å²) < 4.78 is 11.1. The maximum atomic E-state index is 12.0. The summed E-state index contributed by atoms with van der Waals surface area (Å²) in [6, 6.07) is 4.15. The van der Waals surface area contributed by atoms with Crippen molar-refractivity contribution in [3.63, 3.8) is 0 Å². The number of carbonyl (C=O) groups excluding carboxylic acids is 1. The first-order chi connectivity index (χ1) is 8.59. The van der Waals surface area contributed by atoms with Gasteiger partial charge in [0.2, 0.25) is 5.91 Å². The Kier molecular flexibility index (Phi) is 4.53. The van der Waals surface area contributed by atoms with Crippen LogP contribution >= 0.6 is 11.3 Å². The van der Waals surface area contributed by atoms with Crippen LogP contribution in [-0.4, -0.2) is 39.6 Å². The van der Waals surface area contributed by atoms with Crippen molar-refractivity contribution >= 4 is 28.0 Å². The van der Waals surface area contributed by atoms with Crippen LogP contribution in [0.2, 0.25) is 0 Å². The van der Waals surface area contributed by atoms with Crippen molar-refractivity contribution in [3.8, 4) is 0 Å². The highest BCUT2D eigenvalue weighted by atomic mass is 32.2. The van der Waals surface area contributed by atoms with Gasteiger partial charge in [0, 0.05) is 33.7 Å². The van der Waals surface area contributed by atoms with E-state index in [1.165, 1.54) is 0 Å². The van der Waals surface area contributed by atoms with Gasteiger partial charge in [0.25, 0.3) is 0 Å². The Labute approximate surface area is 114 Å². The third-order valence-electron chi connectivity index (χ3n) is 3.12. The predicted molar refractivity (Wildman–Crippen MR) is 74.9 cm³/mol. The SMILES string of the molecule is CC(CCS(C)=O)N1C(=O)CNC1c1cccs1. The van der Waals surface area contributed by atoms with Crippen LogP contribution in [0.25, 0.3) is 0 Å². The van der Waals surface area contributed by atoms with Gasteiger partial charge in [-0.15, -0.1) is 11.3 Å². The Bertz CT molecular complexity index is 433. The summed E-state index contributed by atoms with van der Waals surface area (Å²) in [7, 11) is -0.801. The molecule has 0 spiro atoms. The van der Waals surface area contributed by atoms with Gasteiger partial charge in [-0.25, -0.2) is 0 Å². The number of thiophene rings is 1. The standard InChI is InChI=1S/C12H18N2O2S2/c1-9(5-7-18(2)16)14-11(15)8-13-12(14)10-4-3-6-17-10/h3-4,6,9,12-13H,5,7-8H2,1-2H3. The van der Waals surface area contributed by atoms with Crippen LogP contribution in [0.4, 0.5) is 0 Å². The van der Waals surface area contributed by atoms with Crippen LogP contribution in [0.3, 0.4) is 0 Å². The molecule has 0 aromatic carbocycles. The lowest BCUT2D eigenvalue weighted by atomic mass is 10.2. The molecule has 1 amide bonds. The number of rotatable bonds is 5. The third kappa shape index (κ3) is 2.99. The lowest BCUT2D eigenvalue weighted by molar-refractivity contribution is -0.130. The average molecular weight is 286 g/mol. The number of amides is 1. The Hall–Kier alpha value is -0.720. The average Bonchev–Trinajstić information content (AvgIpc) is 2.94. The molecule has 0 aliphatic carbocycles. The van der Waals surface area contributed by atoms with Gasteiger partial charge in [-0.1, -0.05) is 6.07 Å². The van der Waals surface area contributed by atoms with Crippen molar-refractivity contribution in [1.82, 2.24) is 10.2 Å². The fourth-order valence-electron chi connectivity index (χ4n) is 2.18. The predicted octanol–water partition coefficient (Wildman–Crippen LogP) is 1.34. The van der Waals surface area contributed by atoms with Gasteiger partial charge >= 0.3 is 0 Å². The van der Waals surface area contributed by atoms with Gasteiger partial charge < -0.3 is 4.90 Å². The minimum absolute atomic E-state index is 0.0159. The molecule has 1 fully saturated rings. The summed E-state index contributed by atoms with van der Waals surface area (Å²) >= 11 is 1.65. The molecule has 1 aromatic heterocycles. The first-order valence-corrected chi connectivity index (χ1v) is 8.58. The number of carbonyl (C=O) groups is 1. The van der Waals surface area contributed by atoms with E-state index >= 15 is 0 Å². The molecule has 1 N–H and O–H groups in total. The molecule has 1 aliphatic heterocycles. The number of hydrogen-bond acceptors (Lipinski definition) is 4. The Morgan fingerprint density at radius 2 is 2.44 bits per heavy atom. The maximum Gasteiger partial charge on any atom is 0.238 e. The van der Waals surface area contributed by atoms with E-state index in [2.05, 4.69) is 5.32 Å². The van der Waals surface area contributed by atoms with E-state index in [1.54, 1.807) is 17.6 Å². The lowest BCUT2D eigenvalue weighted by Gasteiger charge is -2.29. The van der Waals surface area contributed by atoms with Crippen LogP contribution in [0.1, 0.15) is 24.4 Å². The van der Waals surface area contributed by atoms with Crippen LogP contribution in [0.15, 0.2) is 17.5 Å². The fraction of sp³-hybridized carbons (Fsp3) is 0.583. The minimum Gasteiger partial charge on any atom is -0.318 e. The highest BCUT2D eigenvalue weighted by Gasteiger charge is 2.35. The highest BCUT2D eigenvalue weighted by molar-refractivity contribution is 7.84. The van der Waals surface area contributed by atoms with Gasteiger partial charge in [-0.05, 0) is 24.8 Å². The molecule has 2 rings (SSSR count). The number of nitrogens with one attached hydrogen (secondary N) is 1. The molecule has 4 nitrogen and oxygen atoms in total. The summed E-state index contributed by atoms with van der Waals surface area (Å²) in [6.07, 6.45) is 2.46. The Morgan fingerprint density at radius 3 is 3.06 bits per heavy atom. The van der Waals surface area contributed by atoms with E-state index in [4.69, 9.17) is 0 Å². The van der Waals surface area contributed by atoms with E-state index in [-0.39, 0.29) is 18.1 Å². The van der Waals surface area contributed by atoms with E-state index < -0.39 is 10.8 Å². The van der Waals surface area contributed by atoms with E-state index in [1.807, 2.05) is 29.3 Å². The van der Waals surface area contributed by atoms with Crippen molar-refractivity contribution in [1.29, 1.82) is 0 Å². The second-order valence-corrected chi connectivity index (χ2v) is 7.05. The van der Waals surface area contributed by atoms with Crippen molar-refractivity contribution in [2.45, 2.75) is 25.6 Å². The number of nitrogens with zero attached hydrogens (tertiary/aromatic N) is 1. The molecular weight excluding hydrogens is 268 g/mol. The highest BCUT2D eigenvalue weighted by Crippen LogP contribution is 2.28. The molecular formula is C12H18N2O2S2. The zero-order chi connectivity index (χ0) is 13.1. The van der Waals surface area contributed by atoms with Gasteiger partial charge in [-0.3, -0.25) is 14.3 Å². The molecule has 1 aliphatic rings.